The van der Waals surface area contributed by atoms with E-state index in [0.717, 1.165) is 6.07 Å². The van der Waals surface area contributed by atoms with Crippen LogP contribution in [0.1, 0.15) is 26.3 Å². The lowest BCUT2D eigenvalue weighted by Gasteiger charge is -2.30. The molecule has 102 valence electrons. The minimum atomic E-state index is -4.48. The first kappa shape index (κ1) is 15.0. The number of nitrogens with one attached hydrogen (secondary N) is 1. The van der Waals surface area contributed by atoms with E-state index < -0.39 is 23.4 Å². The van der Waals surface area contributed by atoms with Crippen molar-refractivity contribution in [3.8, 4) is 0 Å². The number of aliphatic hydroxyl groups is 1. The molecular weight excluding hydrogens is 269 g/mol. The van der Waals surface area contributed by atoms with Crippen molar-refractivity contribution in [3.63, 3.8) is 0 Å². The maximum Gasteiger partial charge on any atom is 0.417 e. The summed E-state index contributed by atoms with van der Waals surface area (Å²) >= 11 is 5.74. The molecule has 0 radical (unpaired) electrons. The van der Waals surface area contributed by atoms with Crippen LogP contribution in [-0.2, 0) is 6.18 Å². The second kappa shape index (κ2) is 4.93. The van der Waals surface area contributed by atoms with Gasteiger partial charge in [0.15, 0.2) is 0 Å². The summed E-state index contributed by atoms with van der Waals surface area (Å²) in [6, 6.07) is 0.801. The molecule has 18 heavy (non-hydrogen) atoms. The maximum absolute atomic E-state index is 12.4. The van der Waals surface area contributed by atoms with Gasteiger partial charge >= 0.3 is 6.18 Å². The Morgan fingerprint density at radius 1 is 1.39 bits per heavy atom. The molecule has 1 atom stereocenters. The highest BCUT2D eigenvalue weighted by Gasteiger charge is 2.32. The first-order valence-electron chi connectivity index (χ1n) is 5.23. The zero-order valence-electron chi connectivity index (χ0n) is 10.1. The quantitative estimate of drug-likeness (QED) is 0.894. The van der Waals surface area contributed by atoms with Crippen molar-refractivity contribution >= 4 is 17.4 Å². The van der Waals surface area contributed by atoms with Gasteiger partial charge in [0.05, 0.1) is 22.2 Å². The minimum absolute atomic E-state index is 0.107. The molecule has 1 aromatic rings. The summed E-state index contributed by atoms with van der Waals surface area (Å²) in [4.78, 5) is 3.64. The average Bonchev–Trinajstić information content (AvgIpc) is 2.19. The maximum atomic E-state index is 12.4. The number of anilines is 1. The fourth-order valence-electron chi connectivity index (χ4n) is 1.09. The lowest BCUT2D eigenvalue weighted by atomic mass is 9.99. The van der Waals surface area contributed by atoms with E-state index in [2.05, 4.69) is 10.3 Å². The van der Waals surface area contributed by atoms with E-state index in [9.17, 15) is 18.3 Å². The fraction of sp³-hybridized carbons (Fsp3) is 0.545. The second-order valence-electron chi connectivity index (χ2n) is 4.57. The number of hydrogen-bond donors (Lipinski definition) is 2. The molecule has 7 heteroatoms. The third-order valence-corrected chi connectivity index (χ3v) is 2.94. The molecule has 0 aromatic carbocycles. The smallest absolute Gasteiger partial charge is 0.391 e. The summed E-state index contributed by atoms with van der Waals surface area (Å²) in [6.07, 6.45) is -4.50. The second-order valence-corrected chi connectivity index (χ2v) is 4.98. The Labute approximate surface area is 108 Å². The number of alkyl halides is 3. The Kier molecular flexibility index (Phi) is 4.12. The van der Waals surface area contributed by atoms with Crippen molar-refractivity contribution in [3.05, 3.63) is 22.8 Å². The Morgan fingerprint density at radius 3 is 2.33 bits per heavy atom. The van der Waals surface area contributed by atoms with Crippen LogP contribution < -0.4 is 5.32 Å². The van der Waals surface area contributed by atoms with Gasteiger partial charge < -0.3 is 10.4 Å². The molecule has 1 rings (SSSR count). The summed E-state index contributed by atoms with van der Waals surface area (Å²) in [5, 5.41) is 12.2. The van der Waals surface area contributed by atoms with Gasteiger partial charge in [-0.05, 0) is 26.8 Å². The summed E-state index contributed by atoms with van der Waals surface area (Å²) in [5.41, 5.74) is -1.66. The third-order valence-electron chi connectivity index (χ3n) is 2.65. The third kappa shape index (κ3) is 3.49. The molecule has 0 aliphatic heterocycles. The van der Waals surface area contributed by atoms with Crippen LogP contribution in [0, 0.1) is 0 Å². The molecule has 0 saturated carbocycles. The van der Waals surface area contributed by atoms with Crippen LogP contribution in [-0.4, -0.2) is 21.7 Å². The lowest BCUT2D eigenvalue weighted by molar-refractivity contribution is -0.137. The van der Waals surface area contributed by atoms with Gasteiger partial charge in [-0.1, -0.05) is 11.6 Å². The van der Waals surface area contributed by atoms with Gasteiger partial charge in [0.25, 0.3) is 0 Å². The molecule has 1 heterocycles. The van der Waals surface area contributed by atoms with Crippen LogP contribution in [0.25, 0.3) is 0 Å². The normalized spacial score (nSPS) is 14.4. The van der Waals surface area contributed by atoms with E-state index in [0.29, 0.717) is 6.20 Å². The lowest BCUT2D eigenvalue weighted by Crippen LogP contribution is -2.42. The van der Waals surface area contributed by atoms with Gasteiger partial charge in [-0.15, -0.1) is 0 Å². The summed E-state index contributed by atoms with van der Waals surface area (Å²) < 4.78 is 37.2. The van der Waals surface area contributed by atoms with E-state index >= 15 is 0 Å². The predicted octanol–water partition coefficient (Wildman–Crippen LogP) is 3.33. The largest absolute Gasteiger partial charge is 0.417 e. The van der Waals surface area contributed by atoms with Crippen molar-refractivity contribution in [1.82, 2.24) is 4.98 Å². The number of aromatic nitrogens is 1. The zero-order valence-corrected chi connectivity index (χ0v) is 10.9. The van der Waals surface area contributed by atoms with Gasteiger partial charge in [-0.2, -0.15) is 13.2 Å². The molecule has 0 aliphatic carbocycles. The van der Waals surface area contributed by atoms with Crippen LogP contribution >= 0.6 is 11.6 Å². The average molecular weight is 283 g/mol. The molecular formula is C11H14ClF3N2O. The number of rotatable bonds is 3. The first-order chi connectivity index (χ1) is 8.04. The van der Waals surface area contributed by atoms with Crippen molar-refractivity contribution in [2.75, 3.05) is 5.32 Å². The molecule has 1 unspecified atom stereocenters. The van der Waals surface area contributed by atoms with Crippen molar-refractivity contribution in [2.24, 2.45) is 0 Å². The fourth-order valence-corrected chi connectivity index (χ4v) is 1.31. The SMILES string of the molecule is CC(O)C(C)(C)Nc1ncc(C(F)(F)F)cc1Cl. The number of pyridine rings is 1. The zero-order chi connectivity index (χ0) is 14.1. The summed E-state index contributed by atoms with van der Waals surface area (Å²) in [7, 11) is 0. The summed E-state index contributed by atoms with van der Waals surface area (Å²) in [6.45, 7) is 4.94. The van der Waals surface area contributed by atoms with Gasteiger partial charge in [0.1, 0.15) is 5.82 Å². The molecule has 0 spiro atoms. The van der Waals surface area contributed by atoms with E-state index in [1.165, 1.54) is 0 Å². The Morgan fingerprint density at radius 2 is 1.94 bits per heavy atom. The number of nitrogens with zero attached hydrogens (tertiary/aromatic N) is 1. The minimum Gasteiger partial charge on any atom is -0.391 e. The Hall–Kier alpha value is -1.01. The van der Waals surface area contributed by atoms with E-state index in [4.69, 9.17) is 11.6 Å². The monoisotopic (exact) mass is 282 g/mol. The molecule has 0 fully saturated rings. The van der Waals surface area contributed by atoms with E-state index in [1.54, 1.807) is 20.8 Å². The van der Waals surface area contributed by atoms with Gasteiger partial charge in [-0.3, -0.25) is 0 Å². The van der Waals surface area contributed by atoms with Gasteiger partial charge in [0.2, 0.25) is 0 Å². The number of aliphatic hydroxyl groups excluding tert-OH is 1. The standard InChI is InChI=1S/C11H14ClF3N2O/c1-6(18)10(2,3)17-9-8(12)4-7(5-16-9)11(13,14)15/h4-6,18H,1-3H3,(H,16,17). The summed E-state index contributed by atoms with van der Waals surface area (Å²) in [5.74, 6) is 0.107. The van der Waals surface area contributed by atoms with E-state index in [-0.39, 0.29) is 10.8 Å². The highest BCUT2D eigenvalue weighted by atomic mass is 35.5. The van der Waals surface area contributed by atoms with Crippen molar-refractivity contribution in [1.29, 1.82) is 0 Å². The van der Waals surface area contributed by atoms with Crippen LogP contribution in [0.2, 0.25) is 5.02 Å². The predicted molar refractivity (Wildman–Crippen MR) is 63.6 cm³/mol. The first-order valence-corrected chi connectivity index (χ1v) is 5.61. The molecule has 0 saturated heterocycles. The molecule has 0 aliphatic rings. The molecule has 0 amide bonds. The van der Waals surface area contributed by atoms with Crippen molar-refractivity contribution in [2.45, 2.75) is 38.6 Å². The molecule has 0 bridgehead atoms. The Balaban J connectivity index is 3.01. The van der Waals surface area contributed by atoms with E-state index in [1.807, 2.05) is 0 Å². The molecule has 3 nitrogen and oxygen atoms in total. The number of hydrogen-bond acceptors (Lipinski definition) is 3. The van der Waals surface area contributed by atoms with Gasteiger partial charge in [0, 0.05) is 6.20 Å². The number of halogens is 4. The highest BCUT2D eigenvalue weighted by molar-refractivity contribution is 6.33. The Bertz CT molecular complexity index is 433. The van der Waals surface area contributed by atoms with Crippen molar-refractivity contribution < 1.29 is 18.3 Å². The van der Waals surface area contributed by atoms with Crippen LogP contribution in [0.15, 0.2) is 12.3 Å². The van der Waals surface area contributed by atoms with Gasteiger partial charge in [-0.25, -0.2) is 4.98 Å². The highest BCUT2D eigenvalue weighted by Crippen LogP contribution is 2.33. The molecule has 2 N–H and O–H groups in total. The van der Waals surface area contributed by atoms with Crippen LogP contribution in [0.4, 0.5) is 19.0 Å². The van der Waals surface area contributed by atoms with Crippen LogP contribution in [0.3, 0.4) is 0 Å². The van der Waals surface area contributed by atoms with Crippen LogP contribution in [0.5, 0.6) is 0 Å². The molecule has 1 aromatic heterocycles. The topological polar surface area (TPSA) is 45.1 Å².